The maximum Gasteiger partial charge on any atom is 0.314 e. The Balaban J connectivity index is 2.20. The van der Waals surface area contributed by atoms with Gasteiger partial charge in [0.15, 0.2) is 0 Å². The van der Waals surface area contributed by atoms with Crippen molar-refractivity contribution in [2.75, 3.05) is 13.7 Å². The van der Waals surface area contributed by atoms with Crippen molar-refractivity contribution in [2.45, 2.75) is 12.5 Å². The average molecular weight is 230 g/mol. The topological polar surface area (TPSA) is 54.1 Å². The quantitative estimate of drug-likeness (QED) is 0.730. The van der Waals surface area contributed by atoms with E-state index in [0.717, 1.165) is 28.7 Å². The van der Waals surface area contributed by atoms with Crippen molar-refractivity contribution in [3.63, 3.8) is 0 Å². The zero-order chi connectivity index (χ0) is 11.8. The van der Waals surface area contributed by atoms with Crippen molar-refractivity contribution in [1.82, 2.24) is 10.3 Å². The van der Waals surface area contributed by atoms with Crippen LogP contribution in [0.5, 0.6) is 0 Å². The minimum atomic E-state index is -0.208. The molecule has 0 amide bonds. The first kappa shape index (κ1) is 10.4. The first-order valence-electron chi connectivity index (χ1n) is 5.69. The van der Waals surface area contributed by atoms with Crippen LogP contribution in [0.15, 0.2) is 24.3 Å². The van der Waals surface area contributed by atoms with Crippen molar-refractivity contribution in [3.05, 3.63) is 35.5 Å². The van der Waals surface area contributed by atoms with Crippen molar-refractivity contribution in [3.8, 4) is 0 Å². The summed E-state index contributed by atoms with van der Waals surface area (Å²) in [4.78, 5) is 15.1. The van der Waals surface area contributed by atoms with E-state index in [1.807, 2.05) is 24.3 Å². The van der Waals surface area contributed by atoms with E-state index >= 15 is 0 Å². The van der Waals surface area contributed by atoms with Gasteiger partial charge in [0.05, 0.1) is 13.0 Å². The van der Waals surface area contributed by atoms with Gasteiger partial charge in [0.25, 0.3) is 0 Å². The highest BCUT2D eigenvalue weighted by Crippen LogP contribution is 2.32. The SMILES string of the molecule is COC(=O)[C@H]1CNCc2[nH]c3ccccc3c21. The molecular formula is C13H14N2O2. The van der Waals surface area contributed by atoms with Gasteiger partial charge in [0, 0.05) is 29.7 Å². The van der Waals surface area contributed by atoms with Gasteiger partial charge >= 0.3 is 5.97 Å². The molecule has 4 nitrogen and oxygen atoms in total. The van der Waals surface area contributed by atoms with Crippen LogP contribution in [0, 0.1) is 0 Å². The van der Waals surface area contributed by atoms with Gasteiger partial charge in [-0.2, -0.15) is 0 Å². The summed E-state index contributed by atoms with van der Waals surface area (Å²) in [6, 6.07) is 8.06. The monoisotopic (exact) mass is 230 g/mol. The molecule has 0 saturated carbocycles. The Morgan fingerprint density at radius 1 is 1.41 bits per heavy atom. The second-order valence-electron chi connectivity index (χ2n) is 4.27. The van der Waals surface area contributed by atoms with Crippen LogP contribution in [0.4, 0.5) is 0 Å². The summed E-state index contributed by atoms with van der Waals surface area (Å²) in [7, 11) is 1.44. The molecule has 0 fully saturated rings. The first-order valence-corrected chi connectivity index (χ1v) is 5.69. The molecule has 3 rings (SSSR count). The van der Waals surface area contributed by atoms with Crippen LogP contribution >= 0.6 is 0 Å². The summed E-state index contributed by atoms with van der Waals surface area (Å²) in [6.45, 7) is 1.42. The van der Waals surface area contributed by atoms with Crippen LogP contribution in [0.1, 0.15) is 17.2 Å². The van der Waals surface area contributed by atoms with Crippen LogP contribution < -0.4 is 5.32 Å². The molecule has 2 N–H and O–H groups in total. The molecule has 2 aromatic rings. The summed E-state index contributed by atoms with van der Waals surface area (Å²) in [5, 5.41) is 4.36. The number of fused-ring (bicyclic) bond motifs is 3. The highest BCUT2D eigenvalue weighted by atomic mass is 16.5. The lowest BCUT2D eigenvalue weighted by molar-refractivity contribution is -0.142. The molecule has 0 saturated heterocycles. The lowest BCUT2D eigenvalue weighted by Gasteiger charge is -2.21. The lowest BCUT2D eigenvalue weighted by atomic mass is 9.93. The molecule has 0 spiro atoms. The second-order valence-corrected chi connectivity index (χ2v) is 4.27. The number of hydrogen-bond acceptors (Lipinski definition) is 3. The van der Waals surface area contributed by atoms with E-state index in [-0.39, 0.29) is 11.9 Å². The fraction of sp³-hybridized carbons (Fsp3) is 0.308. The van der Waals surface area contributed by atoms with E-state index in [9.17, 15) is 4.79 Å². The molecule has 0 bridgehead atoms. The number of hydrogen-bond donors (Lipinski definition) is 2. The van der Waals surface area contributed by atoms with E-state index in [2.05, 4.69) is 10.3 Å². The molecular weight excluding hydrogens is 216 g/mol. The molecule has 0 aliphatic carbocycles. The molecule has 88 valence electrons. The smallest absolute Gasteiger partial charge is 0.314 e. The maximum absolute atomic E-state index is 11.8. The van der Waals surface area contributed by atoms with E-state index < -0.39 is 0 Å². The van der Waals surface area contributed by atoms with E-state index in [1.54, 1.807) is 0 Å². The third-order valence-corrected chi connectivity index (χ3v) is 3.31. The van der Waals surface area contributed by atoms with Gasteiger partial charge in [-0.15, -0.1) is 0 Å². The number of H-pyrrole nitrogens is 1. The first-order chi connectivity index (χ1) is 8.31. The number of carbonyl (C=O) groups excluding carboxylic acids is 1. The predicted molar refractivity (Wildman–Crippen MR) is 64.8 cm³/mol. The zero-order valence-electron chi connectivity index (χ0n) is 9.62. The number of rotatable bonds is 1. The van der Waals surface area contributed by atoms with Crippen LogP contribution in [-0.2, 0) is 16.1 Å². The zero-order valence-corrected chi connectivity index (χ0v) is 9.62. The summed E-state index contributed by atoms with van der Waals surface area (Å²) in [5.41, 5.74) is 3.26. The van der Waals surface area contributed by atoms with Crippen molar-refractivity contribution < 1.29 is 9.53 Å². The van der Waals surface area contributed by atoms with Crippen molar-refractivity contribution in [1.29, 1.82) is 0 Å². The van der Waals surface area contributed by atoms with Crippen molar-refractivity contribution in [2.24, 2.45) is 0 Å². The summed E-state index contributed by atoms with van der Waals surface area (Å²) in [5.74, 6) is -0.386. The van der Waals surface area contributed by atoms with Gasteiger partial charge in [-0.05, 0) is 11.6 Å². The minimum Gasteiger partial charge on any atom is -0.469 e. The Morgan fingerprint density at radius 2 is 2.24 bits per heavy atom. The Hall–Kier alpha value is -1.81. The number of nitrogens with one attached hydrogen (secondary N) is 2. The summed E-state index contributed by atoms with van der Waals surface area (Å²) in [6.07, 6.45) is 0. The van der Waals surface area contributed by atoms with Gasteiger partial charge < -0.3 is 15.0 Å². The number of para-hydroxylation sites is 1. The van der Waals surface area contributed by atoms with E-state index in [4.69, 9.17) is 4.74 Å². The van der Waals surface area contributed by atoms with Crippen LogP contribution in [-0.4, -0.2) is 24.6 Å². The molecule has 1 aliphatic rings. The van der Waals surface area contributed by atoms with Crippen LogP contribution in [0.3, 0.4) is 0 Å². The Labute approximate surface area is 99.0 Å². The number of ether oxygens (including phenoxy) is 1. The number of aromatic nitrogens is 1. The molecule has 1 atom stereocenters. The largest absolute Gasteiger partial charge is 0.469 e. The fourth-order valence-electron chi connectivity index (χ4n) is 2.54. The maximum atomic E-state index is 11.8. The Kier molecular flexibility index (Phi) is 2.37. The highest BCUT2D eigenvalue weighted by molar-refractivity contribution is 5.91. The van der Waals surface area contributed by atoms with E-state index in [1.165, 1.54) is 7.11 Å². The molecule has 1 aliphatic heterocycles. The number of esters is 1. The third-order valence-electron chi connectivity index (χ3n) is 3.31. The van der Waals surface area contributed by atoms with Gasteiger partial charge in [-0.1, -0.05) is 18.2 Å². The van der Waals surface area contributed by atoms with Gasteiger partial charge in [0.1, 0.15) is 0 Å². The van der Waals surface area contributed by atoms with Crippen LogP contribution in [0.25, 0.3) is 10.9 Å². The average Bonchev–Trinajstić information content (AvgIpc) is 2.76. The third kappa shape index (κ3) is 1.52. The van der Waals surface area contributed by atoms with Gasteiger partial charge in [-0.3, -0.25) is 4.79 Å². The number of carbonyl (C=O) groups is 1. The lowest BCUT2D eigenvalue weighted by Crippen LogP contribution is -2.32. The molecule has 1 aromatic heterocycles. The molecule has 1 aromatic carbocycles. The number of methoxy groups -OCH3 is 1. The van der Waals surface area contributed by atoms with Crippen molar-refractivity contribution >= 4 is 16.9 Å². The highest BCUT2D eigenvalue weighted by Gasteiger charge is 2.30. The molecule has 0 unspecified atom stereocenters. The fourth-order valence-corrected chi connectivity index (χ4v) is 2.54. The Bertz CT molecular complexity index is 574. The van der Waals surface area contributed by atoms with E-state index in [0.29, 0.717) is 6.54 Å². The van der Waals surface area contributed by atoms with Gasteiger partial charge in [-0.25, -0.2) is 0 Å². The molecule has 17 heavy (non-hydrogen) atoms. The summed E-state index contributed by atoms with van der Waals surface area (Å²) >= 11 is 0. The summed E-state index contributed by atoms with van der Waals surface area (Å²) < 4.78 is 4.87. The predicted octanol–water partition coefficient (Wildman–Crippen LogP) is 1.53. The molecule has 0 radical (unpaired) electrons. The number of aromatic amines is 1. The van der Waals surface area contributed by atoms with Gasteiger partial charge in [0.2, 0.25) is 0 Å². The standard InChI is InChI=1S/C13H14N2O2/c1-17-13(16)9-6-14-7-11-12(9)8-4-2-3-5-10(8)15-11/h2-5,9,14-15H,6-7H2,1H3/t9-/m0/s1. The minimum absolute atomic E-state index is 0.178. The Morgan fingerprint density at radius 3 is 3.06 bits per heavy atom. The van der Waals surface area contributed by atoms with Crippen LogP contribution in [0.2, 0.25) is 0 Å². The molecule has 4 heteroatoms. The number of benzene rings is 1. The molecule has 2 heterocycles. The second kappa shape index (κ2) is 3.89. The normalized spacial score (nSPS) is 19.0.